The molecule has 21 heavy (non-hydrogen) atoms. The van der Waals surface area contributed by atoms with Crippen LogP contribution in [0.3, 0.4) is 0 Å². The lowest BCUT2D eigenvalue weighted by Gasteiger charge is -2.35. The SMILES string of the molecule is C[Si](OC1CCCCC1)(c1ccccc1)c1ccccc1. The van der Waals surface area contributed by atoms with Crippen molar-refractivity contribution < 1.29 is 4.43 Å². The molecule has 2 aromatic rings. The highest BCUT2D eigenvalue weighted by atomic mass is 28.4. The lowest BCUT2D eigenvalue weighted by Crippen LogP contribution is -2.60. The van der Waals surface area contributed by atoms with Crippen LogP contribution in [0, 0.1) is 0 Å². The van der Waals surface area contributed by atoms with E-state index < -0.39 is 8.32 Å². The predicted molar refractivity (Wildman–Crippen MR) is 91.7 cm³/mol. The van der Waals surface area contributed by atoms with Gasteiger partial charge in [0.15, 0.2) is 0 Å². The summed E-state index contributed by atoms with van der Waals surface area (Å²) in [4.78, 5) is 0. The van der Waals surface area contributed by atoms with Gasteiger partial charge in [0.2, 0.25) is 0 Å². The lowest BCUT2D eigenvalue weighted by molar-refractivity contribution is 0.152. The second-order valence-electron chi connectivity index (χ2n) is 6.14. The number of rotatable bonds is 4. The van der Waals surface area contributed by atoms with Gasteiger partial charge < -0.3 is 4.43 Å². The monoisotopic (exact) mass is 296 g/mol. The first-order valence-corrected chi connectivity index (χ1v) is 10.5. The molecule has 0 radical (unpaired) electrons. The smallest absolute Gasteiger partial charge is 0.253 e. The molecule has 0 spiro atoms. The average molecular weight is 296 g/mol. The van der Waals surface area contributed by atoms with Crippen LogP contribution in [0.2, 0.25) is 6.55 Å². The fourth-order valence-electron chi connectivity index (χ4n) is 3.33. The number of hydrogen-bond acceptors (Lipinski definition) is 1. The van der Waals surface area contributed by atoms with E-state index in [2.05, 4.69) is 67.2 Å². The first-order chi connectivity index (χ1) is 10.3. The van der Waals surface area contributed by atoms with Crippen LogP contribution in [-0.2, 0) is 4.43 Å². The van der Waals surface area contributed by atoms with Crippen LogP contribution in [0.5, 0.6) is 0 Å². The van der Waals surface area contributed by atoms with Gasteiger partial charge in [-0.05, 0) is 29.8 Å². The van der Waals surface area contributed by atoms with Gasteiger partial charge in [0.25, 0.3) is 8.32 Å². The van der Waals surface area contributed by atoms with E-state index in [0.717, 1.165) is 0 Å². The van der Waals surface area contributed by atoms with Crippen LogP contribution in [0.4, 0.5) is 0 Å². The molecule has 1 aliphatic rings. The zero-order chi connectivity index (χ0) is 14.5. The van der Waals surface area contributed by atoms with Gasteiger partial charge in [-0.25, -0.2) is 0 Å². The highest BCUT2D eigenvalue weighted by Gasteiger charge is 2.36. The molecule has 1 aliphatic carbocycles. The van der Waals surface area contributed by atoms with Crippen molar-refractivity contribution in [3.63, 3.8) is 0 Å². The summed E-state index contributed by atoms with van der Waals surface area (Å²) in [5.41, 5.74) is 0. The van der Waals surface area contributed by atoms with Crippen LogP contribution in [0.25, 0.3) is 0 Å². The van der Waals surface area contributed by atoms with E-state index in [4.69, 9.17) is 4.43 Å². The first kappa shape index (κ1) is 14.5. The Kier molecular flexibility index (Phi) is 4.56. The average Bonchev–Trinajstić information content (AvgIpc) is 2.57. The van der Waals surface area contributed by atoms with Crippen molar-refractivity contribution in [2.24, 2.45) is 0 Å². The molecular formula is C19H24OSi. The van der Waals surface area contributed by atoms with Crippen molar-refractivity contribution in [3.05, 3.63) is 60.7 Å². The van der Waals surface area contributed by atoms with Crippen LogP contribution in [-0.4, -0.2) is 14.4 Å². The van der Waals surface area contributed by atoms with Crippen molar-refractivity contribution in [2.45, 2.75) is 44.8 Å². The topological polar surface area (TPSA) is 9.23 Å². The Morgan fingerprint density at radius 1 is 0.762 bits per heavy atom. The van der Waals surface area contributed by atoms with Crippen LogP contribution in [0.15, 0.2) is 60.7 Å². The highest BCUT2D eigenvalue weighted by Crippen LogP contribution is 2.23. The zero-order valence-corrected chi connectivity index (χ0v) is 13.8. The second-order valence-corrected chi connectivity index (χ2v) is 9.60. The van der Waals surface area contributed by atoms with Crippen molar-refractivity contribution in [1.29, 1.82) is 0 Å². The van der Waals surface area contributed by atoms with Gasteiger partial charge in [0, 0.05) is 6.10 Å². The van der Waals surface area contributed by atoms with E-state index in [1.54, 1.807) is 0 Å². The zero-order valence-electron chi connectivity index (χ0n) is 12.8. The molecule has 0 atom stereocenters. The third-order valence-corrected chi connectivity index (χ3v) is 8.28. The lowest BCUT2D eigenvalue weighted by atomic mass is 9.98. The molecule has 1 fully saturated rings. The predicted octanol–water partition coefficient (Wildman–Crippen LogP) is 3.73. The molecular weight excluding hydrogens is 272 g/mol. The van der Waals surface area contributed by atoms with Crippen LogP contribution in [0.1, 0.15) is 32.1 Å². The standard InChI is InChI=1S/C19H24OSi/c1-21(18-13-7-3-8-14-18,19-15-9-4-10-16-19)20-17-11-5-2-6-12-17/h3-4,7-10,13-17H,2,5-6,11-12H2,1H3. The molecule has 0 saturated heterocycles. The molecule has 2 aromatic carbocycles. The normalized spacial score (nSPS) is 16.8. The molecule has 0 bridgehead atoms. The summed E-state index contributed by atoms with van der Waals surface area (Å²) in [7, 11) is -2.09. The van der Waals surface area contributed by atoms with Gasteiger partial charge in [0.05, 0.1) is 0 Å². The summed E-state index contributed by atoms with van der Waals surface area (Å²) in [6, 6.07) is 21.7. The molecule has 0 N–H and O–H groups in total. The van der Waals surface area contributed by atoms with Gasteiger partial charge in [0.1, 0.15) is 0 Å². The Hall–Kier alpha value is -1.38. The Balaban J connectivity index is 1.94. The molecule has 0 unspecified atom stereocenters. The van der Waals surface area contributed by atoms with Gasteiger partial charge >= 0.3 is 0 Å². The third-order valence-electron chi connectivity index (χ3n) is 4.60. The molecule has 0 heterocycles. The summed E-state index contributed by atoms with van der Waals surface area (Å²) < 4.78 is 6.79. The van der Waals surface area contributed by atoms with E-state index >= 15 is 0 Å². The quantitative estimate of drug-likeness (QED) is 0.781. The summed E-state index contributed by atoms with van der Waals surface area (Å²) in [5, 5.41) is 2.75. The van der Waals surface area contributed by atoms with Crippen molar-refractivity contribution in [1.82, 2.24) is 0 Å². The van der Waals surface area contributed by atoms with Crippen molar-refractivity contribution in [3.8, 4) is 0 Å². The maximum Gasteiger partial charge on any atom is 0.253 e. The van der Waals surface area contributed by atoms with Gasteiger partial charge in [-0.3, -0.25) is 0 Å². The minimum absolute atomic E-state index is 0.441. The first-order valence-electron chi connectivity index (χ1n) is 8.08. The fourth-order valence-corrected chi connectivity index (χ4v) is 6.50. The summed E-state index contributed by atoms with van der Waals surface area (Å²) in [6.07, 6.45) is 6.90. The minimum Gasteiger partial charge on any atom is -0.405 e. The van der Waals surface area contributed by atoms with Gasteiger partial charge in [-0.15, -0.1) is 0 Å². The van der Waals surface area contributed by atoms with E-state index in [1.165, 1.54) is 42.5 Å². The maximum atomic E-state index is 6.79. The molecule has 2 heteroatoms. The maximum absolute atomic E-state index is 6.79. The minimum atomic E-state index is -2.09. The molecule has 0 amide bonds. The van der Waals surface area contributed by atoms with Crippen LogP contribution < -0.4 is 10.4 Å². The Labute approximate surface area is 129 Å². The molecule has 1 saturated carbocycles. The highest BCUT2D eigenvalue weighted by molar-refractivity contribution is 6.96. The van der Waals surface area contributed by atoms with E-state index in [-0.39, 0.29) is 0 Å². The summed E-state index contributed by atoms with van der Waals surface area (Å²) >= 11 is 0. The van der Waals surface area contributed by atoms with Crippen LogP contribution >= 0.6 is 0 Å². The van der Waals surface area contributed by atoms with E-state index in [9.17, 15) is 0 Å². The largest absolute Gasteiger partial charge is 0.405 e. The third kappa shape index (κ3) is 3.28. The van der Waals surface area contributed by atoms with E-state index in [0.29, 0.717) is 6.10 Å². The summed E-state index contributed by atoms with van der Waals surface area (Å²) in [5.74, 6) is 0. The molecule has 3 rings (SSSR count). The second kappa shape index (κ2) is 6.59. The van der Waals surface area contributed by atoms with E-state index in [1.807, 2.05) is 0 Å². The Bertz CT molecular complexity index is 507. The fraction of sp³-hybridized carbons (Fsp3) is 0.368. The molecule has 0 aliphatic heterocycles. The Morgan fingerprint density at radius 2 is 1.24 bits per heavy atom. The van der Waals surface area contributed by atoms with Gasteiger partial charge in [-0.2, -0.15) is 0 Å². The molecule has 1 nitrogen and oxygen atoms in total. The summed E-state index contributed by atoms with van der Waals surface area (Å²) in [6.45, 7) is 2.35. The number of benzene rings is 2. The molecule has 0 aromatic heterocycles. The number of hydrogen-bond donors (Lipinski definition) is 0. The Morgan fingerprint density at radius 3 is 1.71 bits per heavy atom. The molecule has 110 valence electrons. The van der Waals surface area contributed by atoms with Crippen molar-refractivity contribution in [2.75, 3.05) is 0 Å². The van der Waals surface area contributed by atoms with Crippen molar-refractivity contribution >= 4 is 18.7 Å². The van der Waals surface area contributed by atoms with Gasteiger partial charge in [-0.1, -0.05) is 79.9 Å².